The van der Waals surface area contributed by atoms with E-state index in [1.54, 1.807) is 11.0 Å². The minimum atomic E-state index is -1.30. The zero-order valence-corrected chi connectivity index (χ0v) is 20.4. The number of hydrogen-bond acceptors (Lipinski definition) is 8. The van der Waals surface area contributed by atoms with Crippen LogP contribution in [-0.2, 0) is 11.3 Å². The Labute approximate surface area is 212 Å². The van der Waals surface area contributed by atoms with Gasteiger partial charge in [0.25, 0.3) is 5.56 Å². The van der Waals surface area contributed by atoms with Crippen LogP contribution < -0.4 is 16.0 Å². The van der Waals surface area contributed by atoms with Gasteiger partial charge in [-0.05, 0) is 42.5 Å². The highest BCUT2D eigenvalue weighted by atomic mass is 32.1. The van der Waals surface area contributed by atoms with Gasteiger partial charge in [0.15, 0.2) is 6.10 Å². The van der Waals surface area contributed by atoms with E-state index in [1.807, 2.05) is 17.5 Å². The van der Waals surface area contributed by atoms with E-state index in [0.29, 0.717) is 37.3 Å². The number of carbonyl (C=O) groups is 1. The summed E-state index contributed by atoms with van der Waals surface area (Å²) in [6.07, 6.45) is 0.500. The average molecular weight is 532 g/mol. The van der Waals surface area contributed by atoms with Crippen LogP contribution in [0.3, 0.4) is 0 Å². The van der Waals surface area contributed by atoms with Crippen LogP contribution in [0.4, 0.5) is 8.78 Å². The van der Waals surface area contributed by atoms with Crippen LogP contribution in [-0.4, -0.2) is 63.1 Å². The number of hydrogen-bond donors (Lipinski definition) is 0. The molecule has 1 amide bonds. The molecule has 4 heterocycles. The van der Waals surface area contributed by atoms with Crippen molar-refractivity contribution in [2.75, 3.05) is 26.4 Å². The van der Waals surface area contributed by atoms with Gasteiger partial charge >= 0.3 is 5.69 Å². The predicted molar refractivity (Wildman–Crippen MR) is 131 cm³/mol. The van der Waals surface area contributed by atoms with Gasteiger partial charge in [0.2, 0.25) is 18.1 Å². The van der Waals surface area contributed by atoms with Crippen LogP contribution >= 0.6 is 11.3 Å². The number of thiophene rings is 1. The molecule has 5 rings (SSSR count). The van der Waals surface area contributed by atoms with Crippen molar-refractivity contribution in [3.8, 4) is 16.5 Å². The Morgan fingerprint density at radius 1 is 1.19 bits per heavy atom. The van der Waals surface area contributed by atoms with Crippen molar-refractivity contribution in [1.29, 1.82) is 0 Å². The van der Waals surface area contributed by atoms with E-state index < -0.39 is 30.7 Å². The molecule has 1 aliphatic rings. The maximum Gasteiger partial charge on any atom is 0.332 e. The summed E-state index contributed by atoms with van der Waals surface area (Å²) < 4.78 is 39.3. The van der Waals surface area contributed by atoms with Gasteiger partial charge in [0.1, 0.15) is 25.6 Å². The number of aromatic nitrogens is 4. The topological polar surface area (TPSA) is 112 Å². The predicted octanol–water partition coefficient (Wildman–Crippen LogP) is 2.80. The molecule has 0 aliphatic carbocycles. The lowest BCUT2D eigenvalue weighted by Gasteiger charge is -2.31. The number of likely N-dealkylation sites (tertiary alicyclic amines) is 1. The van der Waals surface area contributed by atoms with Gasteiger partial charge in [-0.1, -0.05) is 11.2 Å². The Balaban J connectivity index is 1.60. The van der Waals surface area contributed by atoms with E-state index in [2.05, 4.69) is 10.1 Å². The third-order valence-corrected chi connectivity index (χ3v) is 7.17. The molecule has 0 atom stereocenters. The number of ether oxygens (including phenoxy) is 1. The normalized spacial score (nSPS) is 14.5. The quantitative estimate of drug-likeness (QED) is 0.305. The van der Waals surface area contributed by atoms with Crippen LogP contribution in [0.15, 0.2) is 49.8 Å². The molecule has 0 spiro atoms. The fraction of sp³-hybridized carbons (Fsp3) is 0.375. The molecule has 0 radical (unpaired) electrons. The van der Waals surface area contributed by atoms with E-state index >= 15 is 0 Å². The first-order valence-corrected chi connectivity index (χ1v) is 12.5. The summed E-state index contributed by atoms with van der Waals surface area (Å²) in [6.45, 7) is -1.40. The van der Waals surface area contributed by atoms with Crippen LogP contribution in [0.1, 0.15) is 24.8 Å². The lowest BCUT2D eigenvalue weighted by Crippen LogP contribution is -2.44. The number of carbonyl (C=O) groups excluding carboxylic acids is 1. The number of benzene rings is 1. The van der Waals surface area contributed by atoms with Crippen LogP contribution in [0, 0.1) is 0 Å². The van der Waals surface area contributed by atoms with Crippen LogP contribution in [0.5, 0.6) is 5.75 Å². The number of nitrogens with zero attached hydrogens (tertiary/aromatic N) is 5. The van der Waals surface area contributed by atoms with E-state index in [1.165, 1.54) is 28.0 Å². The lowest BCUT2D eigenvalue weighted by molar-refractivity contribution is -0.119. The third kappa shape index (κ3) is 4.90. The van der Waals surface area contributed by atoms with Gasteiger partial charge < -0.3 is 14.2 Å². The Morgan fingerprint density at radius 2 is 1.97 bits per heavy atom. The summed E-state index contributed by atoms with van der Waals surface area (Å²) in [7, 11) is 0. The molecule has 1 saturated heterocycles. The second-order valence-electron chi connectivity index (χ2n) is 8.63. The molecular weight excluding hydrogens is 508 g/mol. The van der Waals surface area contributed by atoms with E-state index in [4.69, 9.17) is 9.26 Å². The van der Waals surface area contributed by atoms with Crippen molar-refractivity contribution in [1.82, 2.24) is 24.2 Å². The van der Waals surface area contributed by atoms with Gasteiger partial charge in [0, 0.05) is 19.1 Å². The number of halogens is 2. The van der Waals surface area contributed by atoms with Gasteiger partial charge in [-0.25, -0.2) is 13.6 Å². The van der Waals surface area contributed by atoms with Crippen LogP contribution in [0.25, 0.3) is 21.6 Å². The zero-order chi connectivity index (χ0) is 25.9. The molecule has 1 fully saturated rings. The van der Waals surface area contributed by atoms with Crippen molar-refractivity contribution in [3.63, 3.8) is 0 Å². The highest BCUT2D eigenvalue weighted by Crippen LogP contribution is 2.26. The first-order chi connectivity index (χ1) is 18.0. The largest absolute Gasteiger partial charge is 0.485 e. The summed E-state index contributed by atoms with van der Waals surface area (Å²) in [6, 6.07) is 7.79. The second kappa shape index (κ2) is 10.6. The zero-order valence-electron chi connectivity index (χ0n) is 19.6. The summed E-state index contributed by atoms with van der Waals surface area (Å²) in [4.78, 5) is 45.1. The SMILES string of the molecule is O=CN1CCC(n2c(=O)n(Cc3nc(-c4cccs4)no3)c(=O)c3cc(OC(CF)CF)ccc32)CC1. The minimum absolute atomic E-state index is 0.0756. The summed E-state index contributed by atoms with van der Waals surface area (Å²) in [5, 5.41) is 5.95. The van der Waals surface area contributed by atoms with Gasteiger partial charge in [0.05, 0.1) is 15.8 Å². The van der Waals surface area contributed by atoms with Crippen molar-refractivity contribution in [3.05, 3.63) is 62.4 Å². The molecular formula is C24H23F2N5O5S. The maximum atomic E-state index is 13.7. The van der Waals surface area contributed by atoms with E-state index in [-0.39, 0.29) is 29.6 Å². The smallest absolute Gasteiger partial charge is 0.332 e. The second-order valence-corrected chi connectivity index (χ2v) is 9.58. The molecule has 1 aliphatic heterocycles. The number of amides is 1. The van der Waals surface area contributed by atoms with Crippen molar-refractivity contribution in [2.24, 2.45) is 0 Å². The molecule has 0 N–H and O–H groups in total. The Bertz CT molecular complexity index is 1500. The van der Waals surface area contributed by atoms with Crippen LogP contribution in [0.2, 0.25) is 0 Å². The highest BCUT2D eigenvalue weighted by Gasteiger charge is 2.25. The van der Waals surface area contributed by atoms with Crippen molar-refractivity contribution in [2.45, 2.75) is 31.5 Å². The van der Waals surface area contributed by atoms with Crippen molar-refractivity contribution >= 4 is 28.6 Å². The molecule has 0 bridgehead atoms. The molecule has 0 saturated carbocycles. The molecule has 4 aromatic rings. The molecule has 194 valence electrons. The van der Waals surface area contributed by atoms with Gasteiger partial charge in [-0.15, -0.1) is 11.3 Å². The molecule has 0 unspecified atom stereocenters. The Morgan fingerprint density at radius 3 is 2.65 bits per heavy atom. The van der Waals surface area contributed by atoms with E-state index in [0.717, 1.165) is 15.9 Å². The van der Waals surface area contributed by atoms with Gasteiger partial charge in [-0.2, -0.15) is 4.98 Å². The molecule has 1 aromatic carbocycles. The fourth-order valence-electron chi connectivity index (χ4n) is 4.43. The monoisotopic (exact) mass is 531 g/mol. The summed E-state index contributed by atoms with van der Waals surface area (Å²) >= 11 is 1.42. The number of alkyl halides is 2. The Kier molecular flexibility index (Phi) is 7.12. The number of rotatable bonds is 9. The number of piperidine rings is 1. The standard InChI is InChI=1S/C24H23F2N5O5S/c25-11-17(12-26)35-16-3-4-19-18(10-16)23(33)30(13-21-27-22(28-36-21)20-2-1-9-37-20)24(34)31(19)15-5-7-29(14-32)8-6-15/h1-4,9-10,14-15,17H,5-8,11-13H2. The molecule has 13 heteroatoms. The lowest BCUT2D eigenvalue weighted by atomic mass is 10.0. The first kappa shape index (κ1) is 24.8. The van der Waals surface area contributed by atoms with Crippen molar-refractivity contribution < 1.29 is 22.8 Å². The minimum Gasteiger partial charge on any atom is -0.485 e. The highest BCUT2D eigenvalue weighted by molar-refractivity contribution is 7.13. The maximum absolute atomic E-state index is 13.7. The van der Waals surface area contributed by atoms with E-state index in [9.17, 15) is 23.2 Å². The fourth-order valence-corrected chi connectivity index (χ4v) is 5.08. The van der Waals surface area contributed by atoms with Gasteiger partial charge in [-0.3, -0.25) is 18.7 Å². The summed E-state index contributed by atoms with van der Waals surface area (Å²) in [5.74, 6) is 0.529. The Hall–Kier alpha value is -3.87. The third-order valence-electron chi connectivity index (χ3n) is 6.30. The average Bonchev–Trinajstić information content (AvgIpc) is 3.63. The molecule has 37 heavy (non-hydrogen) atoms. The number of fused-ring (bicyclic) bond motifs is 1. The summed E-state index contributed by atoms with van der Waals surface area (Å²) in [5.41, 5.74) is -0.818. The first-order valence-electron chi connectivity index (χ1n) is 11.7. The molecule has 3 aromatic heterocycles. The molecule has 10 nitrogen and oxygen atoms in total.